The van der Waals surface area contributed by atoms with Crippen molar-refractivity contribution < 1.29 is 13.2 Å². The zero-order valence-electron chi connectivity index (χ0n) is 9.64. The molecule has 1 N–H and O–H groups in total. The monoisotopic (exact) mass is 253 g/mol. The van der Waals surface area contributed by atoms with E-state index in [9.17, 15) is 8.42 Å². The largest absolute Gasteiger partial charge is 0.482 e. The van der Waals surface area contributed by atoms with Gasteiger partial charge in [-0.1, -0.05) is 13.5 Å². The Morgan fingerprint density at radius 2 is 2.35 bits per heavy atom. The van der Waals surface area contributed by atoms with Crippen molar-refractivity contribution in [3.63, 3.8) is 0 Å². The molecule has 0 fully saturated rings. The smallest absolute Gasteiger partial charge is 0.178 e. The summed E-state index contributed by atoms with van der Waals surface area (Å²) in [6.45, 7) is 5.90. The highest BCUT2D eigenvalue weighted by atomic mass is 32.2. The number of benzene rings is 1. The average Bonchev–Trinajstić information content (AvgIpc) is 2.37. The molecule has 0 saturated heterocycles. The number of hydrogen-bond donors (Lipinski definition) is 1. The minimum Gasteiger partial charge on any atom is -0.482 e. The average molecular weight is 253 g/mol. The molecule has 1 unspecified atom stereocenters. The van der Waals surface area contributed by atoms with Crippen molar-refractivity contribution in [3.05, 3.63) is 30.9 Å². The standard InChI is InChI=1S/C12H15NO3S/c1-3-9-8-13-11-7-10(17(14,15)4-2)5-6-12(11)16-9/h3,5-7,9,13H,1,4,8H2,2H3. The molecule has 1 atom stereocenters. The Morgan fingerprint density at radius 1 is 1.59 bits per heavy atom. The van der Waals surface area contributed by atoms with Crippen LogP contribution in [0.4, 0.5) is 5.69 Å². The molecule has 0 amide bonds. The van der Waals surface area contributed by atoms with Gasteiger partial charge in [-0.15, -0.1) is 0 Å². The van der Waals surface area contributed by atoms with Gasteiger partial charge in [-0.05, 0) is 24.3 Å². The van der Waals surface area contributed by atoms with Gasteiger partial charge >= 0.3 is 0 Å². The molecule has 0 spiro atoms. The second-order valence-corrected chi connectivity index (χ2v) is 6.11. The van der Waals surface area contributed by atoms with Gasteiger partial charge < -0.3 is 10.1 Å². The Bertz CT molecular complexity index is 537. The van der Waals surface area contributed by atoms with Crippen LogP contribution in [0.2, 0.25) is 0 Å². The van der Waals surface area contributed by atoms with E-state index in [0.717, 1.165) is 5.69 Å². The molecule has 92 valence electrons. The lowest BCUT2D eigenvalue weighted by atomic mass is 10.2. The number of hydrogen-bond acceptors (Lipinski definition) is 4. The number of sulfone groups is 1. The van der Waals surface area contributed by atoms with E-state index in [1.54, 1.807) is 31.2 Å². The topological polar surface area (TPSA) is 55.4 Å². The van der Waals surface area contributed by atoms with Gasteiger partial charge in [-0.3, -0.25) is 0 Å². The third kappa shape index (κ3) is 2.29. The van der Waals surface area contributed by atoms with Crippen LogP contribution in [-0.2, 0) is 9.84 Å². The first-order valence-corrected chi connectivity index (χ1v) is 7.12. The lowest BCUT2D eigenvalue weighted by Gasteiger charge is -2.25. The van der Waals surface area contributed by atoms with Crippen molar-refractivity contribution >= 4 is 15.5 Å². The quantitative estimate of drug-likeness (QED) is 0.835. The zero-order chi connectivity index (χ0) is 12.5. The number of nitrogens with one attached hydrogen (secondary N) is 1. The molecule has 1 aliphatic heterocycles. The summed E-state index contributed by atoms with van der Waals surface area (Å²) >= 11 is 0. The van der Waals surface area contributed by atoms with E-state index < -0.39 is 9.84 Å². The van der Waals surface area contributed by atoms with Crippen LogP contribution in [0.25, 0.3) is 0 Å². The van der Waals surface area contributed by atoms with E-state index in [-0.39, 0.29) is 11.9 Å². The van der Waals surface area contributed by atoms with Gasteiger partial charge in [0.05, 0.1) is 22.9 Å². The first kappa shape index (κ1) is 12.0. The van der Waals surface area contributed by atoms with Crippen molar-refractivity contribution in [1.82, 2.24) is 0 Å². The Kier molecular flexibility index (Phi) is 3.11. The molecule has 0 aliphatic carbocycles. The van der Waals surface area contributed by atoms with E-state index in [1.165, 1.54) is 0 Å². The normalized spacial score (nSPS) is 18.8. The highest BCUT2D eigenvalue weighted by Gasteiger charge is 2.19. The summed E-state index contributed by atoms with van der Waals surface area (Å²) in [6.07, 6.45) is 1.64. The lowest BCUT2D eigenvalue weighted by molar-refractivity contribution is 0.253. The number of anilines is 1. The van der Waals surface area contributed by atoms with Gasteiger partial charge in [-0.2, -0.15) is 0 Å². The van der Waals surface area contributed by atoms with Crippen LogP contribution in [0.5, 0.6) is 5.75 Å². The molecule has 1 heterocycles. The molecule has 1 aromatic carbocycles. The van der Waals surface area contributed by atoms with Crippen molar-refractivity contribution in [2.24, 2.45) is 0 Å². The summed E-state index contributed by atoms with van der Waals surface area (Å²) in [7, 11) is -3.17. The minimum atomic E-state index is -3.17. The second kappa shape index (κ2) is 4.41. The molecule has 0 aromatic heterocycles. The molecule has 1 aliphatic rings. The Hall–Kier alpha value is -1.49. The van der Waals surface area contributed by atoms with E-state index in [1.807, 2.05) is 0 Å². The molecule has 0 bridgehead atoms. The van der Waals surface area contributed by atoms with Gasteiger partial charge in [0.15, 0.2) is 9.84 Å². The van der Waals surface area contributed by atoms with Crippen molar-refractivity contribution in [2.45, 2.75) is 17.9 Å². The van der Waals surface area contributed by atoms with Gasteiger partial charge in [0.1, 0.15) is 11.9 Å². The molecule has 1 aromatic rings. The summed E-state index contributed by atoms with van der Waals surface area (Å²) in [5.74, 6) is 0.762. The summed E-state index contributed by atoms with van der Waals surface area (Å²) in [4.78, 5) is 0.326. The number of rotatable bonds is 3. The van der Waals surface area contributed by atoms with Gasteiger partial charge in [0.2, 0.25) is 0 Å². The fourth-order valence-corrected chi connectivity index (χ4v) is 2.56. The van der Waals surface area contributed by atoms with E-state index in [4.69, 9.17) is 4.74 Å². The zero-order valence-corrected chi connectivity index (χ0v) is 10.5. The first-order valence-electron chi connectivity index (χ1n) is 5.46. The summed E-state index contributed by atoms with van der Waals surface area (Å²) in [5, 5.41) is 3.14. The lowest BCUT2D eigenvalue weighted by Crippen LogP contribution is -2.28. The second-order valence-electron chi connectivity index (χ2n) is 3.83. The third-order valence-corrected chi connectivity index (χ3v) is 4.46. The first-order chi connectivity index (χ1) is 8.06. The van der Waals surface area contributed by atoms with Crippen LogP contribution in [0.1, 0.15) is 6.92 Å². The highest BCUT2D eigenvalue weighted by molar-refractivity contribution is 7.91. The maximum Gasteiger partial charge on any atom is 0.178 e. The molecule has 0 saturated carbocycles. The Morgan fingerprint density at radius 3 is 3.00 bits per heavy atom. The molecule has 5 heteroatoms. The van der Waals surface area contributed by atoms with E-state index >= 15 is 0 Å². The summed E-state index contributed by atoms with van der Waals surface area (Å²) in [6, 6.07) is 4.87. The SMILES string of the molecule is C=CC1CNc2cc(S(=O)(=O)CC)ccc2O1. The fraction of sp³-hybridized carbons (Fsp3) is 0.333. The highest BCUT2D eigenvalue weighted by Crippen LogP contribution is 2.31. The Labute approximate surface area is 101 Å². The third-order valence-electron chi connectivity index (χ3n) is 2.73. The maximum atomic E-state index is 11.7. The Balaban J connectivity index is 2.37. The van der Waals surface area contributed by atoms with Gasteiger partial charge in [0, 0.05) is 0 Å². The van der Waals surface area contributed by atoms with Crippen LogP contribution in [-0.4, -0.2) is 26.8 Å². The number of ether oxygens (including phenoxy) is 1. The molecule has 2 rings (SSSR count). The van der Waals surface area contributed by atoms with Crippen LogP contribution in [0.3, 0.4) is 0 Å². The maximum absolute atomic E-state index is 11.7. The molecular formula is C12H15NO3S. The van der Waals surface area contributed by atoms with Gasteiger partial charge in [-0.25, -0.2) is 8.42 Å². The predicted molar refractivity (Wildman–Crippen MR) is 67.3 cm³/mol. The molecule has 17 heavy (non-hydrogen) atoms. The van der Waals surface area contributed by atoms with E-state index in [0.29, 0.717) is 17.2 Å². The van der Waals surface area contributed by atoms with Crippen molar-refractivity contribution in [1.29, 1.82) is 0 Å². The van der Waals surface area contributed by atoms with Crippen LogP contribution in [0.15, 0.2) is 35.7 Å². The van der Waals surface area contributed by atoms with Crippen LogP contribution < -0.4 is 10.1 Å². The fourth-order valence-electron chi connectivity index (χ4n) is 1.66. The minimum absolute atomic E-state index is 0.0730. The van der Waals surface area contributed by atoms with E-state index in [2.05, 4.69) is 11.9 Å². The summed E-state index contributed by atoms with van der Waals surface area (Å²) in [5.41, 5.74) is 0.720. The van der Waals surface area contributed by atoms with Gasteiger partial charge in [0.25, 0.3) is 0 Å². The number of fused-ring (bicyclic) bond motifs is 1. The van der Waals surface area contributed by atoms with Crippen LogP contribution in [0, 0.1) is 0 Å². The van der Waals surface area contributed by atoms with Crippen molar-refractivity contribution in [3.8, 4) is 5.75 Å². The molecular weight excluding hydrogens is 238 g/mol. The molecule has 0 radical (unpaired) electrons. The predicted octanol–water partition coefficient (Wildman–Crippen LogP) is 1.84. The van der Waals surface area contributed by atoms with Crippen molar-refractivity contribution in [2.75, 3.05) is 17.6 Å². The summed E-state index contributed by atoms with van der Waals surface area (Å²) < 4.78 is 29.1. The molecule has 4 nitrogen and oxygen atoms in total. The van der Waals surface area contributed by atoms with Crippen LogP contribution >= 0.6 is 0 Å².